The molecule has 0 spiro atoms. The van der Waals surface area contributed by atoms with Crippen molar-refractivity contribution in [1.82, 2.24) is 0 Å². The van der Waals surface area contributed by atoms with Gasteiger partial charge in [0.25, 0.3) is 0 Å². The molecule has 0 amide bonds. The SMILES string of the molecule is O=S(=O)(O)O.[Cl][Rh]([Cl])([Cl])([Cl])([Cl])[Cl].[KH]. The van der Waals surface area contributed by atoms with Gasteiger partial charge in [0.15, 0.2) is 0 Å². The van der Waals surface area contributed by atoms with Crippen molar-refractivity contribution < 1.29 is 24.0 Å². The van der Waals surface area contributed by atoms with Crippen molar-refractivity contribution >= 4 is 120 Å². The zero-order chi connectivity index (χ0) is 10.9. The van der Waals surface area contributed by atoms with Crippen LogP contribution in [-0.2, 0) is 16.9 Å². The summed E-state index contributed by atoms with van der Waals surface area (Å²) in [6.07, 6.45) is 0. The molecule has 4 nitrogen and oxygen atoms in total. The fourth-order valence-electron chi connectivity index (χ4n) is 0. The van der Waals surface area contributed by atoms with E-state index in [1.165, 1.54) is 0 Å². The summed E-state index contributed by atoms with van der Waals surface area (Å²) in [6, 6.07) is 0. The fraction of sp³-hybridized carbons (Fsp3) is 0. The molecule has 0 saturated carbocycles. The average Bonchev–Trinajstić information content (AvgIpc) is 1.04. The van der Waals surface area contributed by atoms with Crippen LogP contribution < -0.4 is 0 Å². The van der Waals surface area contributed by atoms with Crippen LogP contribution >= 0.6 is 58.1 Å². The summed E-state index contributed by atoms with van der Waals surface area (Å²) in [7, 11) is 25.6. The van der Waals surface area contributed by atoms with Crippen LogP contribution in [0.5, 0.6) is 0 Å². The minimum atomic E-state index is -5.15. The van der Waals surface area contributed by atoms with Gasteiger partial charge in [0.05, 0.1) is 0 Å². The van der Waals surface area contributed by atoms with E-state index in [9.17, 15) is 0 Å². The molecule has 0 atom stereocenters. The summed E-state index contributed by atoms with van der Waals surface area (Å²) >= 11 is 0. The van der Waals surface area contributed by atoms with Crippen molar-refractivity contribution in [2.45, 2.75) is 0 Å². The van der Waals surface area contributed by atoms with Crippen LogP contribution in [0.25, 0.3) is 0 Å². The second kappa shape index (κ2) is 5.67. The van der Waals surface area contributed by atoms with Crippen LogP contribution in [0, 0.1) is 0 Å². The standard InChI is InChI=1S/6ClH.K.H2O4S.Rh.H/c;;;;;;;1-5(2,3)4;;/h6*1H;;(H2,1,2,3,4);;/q;;;;;;;;+6;/p-6. The molecule has 0 radical (unpaired) electrons. The molecule has 0 rings (SSSR count). The molecule has 85 valence electrons. The second-order valence-corrected chi connectivity index (χ2v) is 39.4. The van der Waals surface area contributed by atoms with Crippen molar-refractivity contribution in [3.05, 3.63) is 0 Å². The van der Waals surface area contributed by atoms with Crippen LogP contribution in [0.1, 0.15) is 0 Å². The van der Waals surface area contributed by atoms with Crippen LogP contribution in [0.2, 0.25) is 0 Å². The Kier molecular flexibility index (Phi) is 9.64. The molecule has 0 aliphatic carbocycles. The van der Waals surface area contributed by atoms with Crippen LogP contribution in [-0.4, -0.2) is 68.9 Å². The number of halogens is 6. The Labute approximate surface area is 140 Å². The Morgan fingerprint density at radius 2 is 0.846 bits per heavy atom. The fourth-order valence-corrected chi connectivity index (χ4v) is 0. The molecule has 13 heavy (non-hydrogen) atoms. The zero-order valence-electron chi connectivity index (χ0n) is 4.72. The molecule has 2 N–H and O–H groups in total. The maximum atomic E-state index is 8.74. The van der Waals surface area contributed by atoms with Crippen molar-refractivity contribution in [1.29, 1.82) is 0 Å². The van der Waals surface area contributed by atoms with Gasteiger partial charge in [-0.3, -0.25) is 9.11 Å². The normalized spacial score (nSPS) is 16.9. The Morgan fingerprint density at radius 3 is 0.846 bits per heavy atom. The van der Waals surface area contributed by atoms with Gasteiger partial charge in [-0.15, -0.1) is 0 Å². The van der Waals surface area contributed by atoms with Gasteiger partial charge < -0.3 is 0 Å². The van der Waals surface area contributed by atoms with E-state index in [-0.39, 0.29) is 51.4 Å². The summed E-state index contributed by atoms with van der Waals surface area (Å²) in [6.45, 7) is -5.15. The van der Waals surface area contributed by atoms with E-state index in [0.717, 1.165) is 0 Å². The van der Waals surface area contributed by atoms with E-state index in [0.29, 0.717) is 0 Å². The predicted octanol–water partition coefficient (Wildman–Crippen LogP) is 2.83. The van der Waals surface area contributed by atoms with Gasteiger partial charge in [-0.25, -0.2) is 0 Å². The van der Waals surface area contributed by atoms with Crippen LogP contribution in [0.3, 0.4) is 0 Å². The minimum absolute atomic E-state index is 0. The third kappa shape index (κ3) is 204. The Morgan fingerprint density at radius 1 is 0.846 bits per heavy atom. The van der Waals surface area contributed by atoms with Gasteiger partial charge in [0, 0.05) is 0 Å². The Hall–Kier alpha value is 3.87. The van der Waals surface area contributed by atoms with E-state index >= 15 is 0 Å². The molecule has 0 unspecified atom stereocenters. The van der Waals surface area contributed by atoms with Crippen molar-refractivity contribution in [3.8, 4) is 0 Å². The number of hydrogen-bond donors (Lipinski definition) is 2. The molecule has 0 saturated heterocycles. The van der Waals surface area contributed by atoms with E-state index in [2.05, 4.69) is 0 Å². The van der Waals surface area contributed by atoms with Crippen molar-refractivity contribution in [2.75, 3.05) is 0 Å². The molecule has 0 heterocycles. The summed E-state index contributed by atoms with van der Waals surface area (Å²) < 4.78 is 31.6. The van der Waals surface area contributed by atoms with Gasteiger partial charge in [-0.05, 0) is 0 Å². The van der Waals surface area contributed by atoms with Crippen LogP contribution in [0.4, 0.5) is 0 Å². The quantitative estimate of drug-likeness (QED) is 0.437. The first-order valence-electron chi connectivity index (χ1n) is 1.45. The van der Waals surface area contributed by atoms with Crippen molar-refractivity contribution in [2.24, 2.45) is 0 Å². The second-order valence-electron chi connectivity index (χ2n) is 1.16. The van der Waals surface area contributed by atoms with Crippen molar-refractivity contribution in [3.63, 3.8) is 0 Å². The number of hydrogen-bond acceptors (Lipinski definition) is 2. The van der Waals surface area contributed by atoms with E-state index in [4.69, 9.17) is 75.7 Å². The maximum absolute atomic E-state index is 8.74. The Bertz CT molecular complexity index is 226. The van der Waals surface area contributed by atoms with Gasteiger partial charge >= 0.3 is 126 Å². The summed E-state index contributed by atoms with van der Waals surface area (Å²) in [4.78, 5) is 0. The Balaban J connectivity index is -0.000000150. The van der Waals surface area contributed by atoms with Crippen LogP contribution in [0.15, 0.2) is 0 Å². The molecule has 13 heteroatoms. The summed E-state index contributed by atoms with van der Waals surface area (Å²) in [5.41, 5.74) is 0. The summed E-state index contributed by atoms with van der Waals surface area (Å²) in [5.74, 6) is 0. The van der Waals surface area contributed by atoms with E-state index in [1.54, 1.807) is 0 Å². The van der Waals surface area contributed by atoms with Gasteiger partial charge in [0.2, 0.25) is 0 Å². The first kappa shape index (κ1) is 22.1. The number of rotatable bonds is 0. The van der Waals surface area contributed by atoms with Gasteiger partial charge in [-0.2, -0.15) is 8.42 Å². The molecule has 0 bridgehead atoms. The third-order valence-electron chi connectivity index (χ3n) is 0. The molecular weight excluding hydrogens is 451 g/mol. The molecule has 0 fully saturated rings. The van der Waals surface area contributed by atoms with E-state index < -0.39 is 16.9 Å². The molecule has 0 aromatic carbocycles. The predicted molar refractivity (Wildman–Crippen MR) is 56.4 cm³/mol. The molecule has 0 aliphatic rings. The van der Waals surface area contributed by atoms with Gasteiger partial charge in [-0.1, -0.05) is 0 Å². The molecule has 0 aromatic heterocycles. The average molecular weight is 454 g/mol. The first-order chi connectivity index (χ1) is 4.45. The first-order valence-corrected chi connectivity index (χ1v) is 15.5. The van der Waals surface area contributed by atoms with Gasteiger partial charge in [0.1, 0.15) is 0 Å². The van der Waals surface area contributed by atoms with E-state index in [1.807, 2.05) is 0 Å². The third-order valence-corrected chi connectivity index (χ3v) is 0. The summed E-state index contributed by atoms with van der Waals surface area (Å²) in [5, 5.41) is 0. The molecular formula is H3Cl6KO4RhS. The molecule has 0 aliphatic heterocycles. The zero-order valence-corrected chi connectivity index (χ0v) is 11.7. The topological polar surface area (TPSA) is 74.6 Å². The monoisotopic (exact) mass is 451 g/mol. The molecule has 0 aromatic rings.